The summed E-state index contributed by atoms with van der Waals surface area (Å²) < 4.78 is 5.64. The maximum Gasteiger partial charge on any atom is 0.316 e. The molecular weight excluding hydrogens is 282 g/mol. The Balaban J connectivity index is 1.65. The van der Waals surface area contributed by atoms with Gasteiger partial charge in [0.1, 0.15) is 12.0 Å². The summed E-state index contributed by atoms with van der Waals surface area (Å²) in [6, 6.07) is 9.56. The summed E-state index contributed by atoms with van der Waals surface area (Å²) in [5.41, 5.74) is 0.769. The molecule has 2 saturated heterocycles. The van der Waals surface area contributed by atoms with Crippen LogP contribution in [-0.2, 0) is 9.53 Å². The van der Waals surface area contributed by atoms with E-state index in [9.17, 15) is 15.0 Å². The number of piperidine rings is 1. The largest absolute Gasteiger partial charge is 0.462 e. The highest BCUT2D eigenvalue weighted by Crippen LogP contribution is 2.36. The number of nitrogens with zero attached hydrogens (tertiary/aromatic N) is 1. The molecule has 0 aliphatic carbocycles. The van der Waals surface area contributed by atoms with Crippen LogP contribution < -0.4 is 0 Å². The lowest BCUT2D eigenvalue weighted by Crippen LogP contribution is -2.45. The minimum atomic E-state index is -0.636. The summed E-state index contributed by atoms with van der Waals surface area (Å²) in [6.45, 7) is -0.259. The first-order valence-corrected chi connectivity index (χ1v) is 7.86. The molecule has 3 rings (SSSR count). The minimum absolute atomic E-state index is 0.0702. The predicted octanol–water partition coefficient (Wildman–Crippen LogP) is 0.902. The number of likely N-dealkylation sites (N-methyl/N-ethyl adjacent to an activating group) is 1. The molecule has 120 valence electrons. The molecular formula is C17H23NO4. The topological polar surface area (TPSA) is 70.0 Å². The molecule has 2 N–H and O–H groups in total. The molecule has 2 aliphatic rings. The predicted molar refractivity (Wildman–Crippen MR) is 81.3 cm³/mol. The molecule has 0 unspecified atom stereocenters. The second-order valence-corrected chi connectivity index (χ2v) is 6.37. The van der Waals surface area contributed by atoms with E-state index in [-0.39, 0.29) is 36.9 Å². The Labute approximate surface area is 130 Å². The number of benzene rings is 1. The summed E-state index contributed by atoms with van der Waals surface area (Å²) in [4.78, 5) is 14.6. The average Bonchev–Trinajstić information content (AvgIpc) is 2.68. The van der Waals surface area contributed by atoms with E-state index in [1.54, 1.807) is 0 Å². The van der Waals surface area contributed by atoms with E-state index in [0.717, 1.165) is 18.4 Å². The van der Waals surface area contributed by atoms with Crippen LogP contribution in [-0.4, -0.2) is 59.0 Å². The Hall–Kier alpha value is -1.43. The maximum atomic E-state index is 12.4. The van der Waals surface area contributed by atoms with Crippen LogP contribution in [0, 0.1) is 0 Å². The summed E-state index contributed by atoms with van der Waals surface area (Å²) in [7, 11) is 2.02. The quantitative estimate of drug-likeness (QED) is 0.809. The number of aliphatic hydroxyl groups excluding tert-OH is 2. The number of hydrogen-bond donors (Lipinski definition) is 2. The van der Waals surface area contributed by atoms with Crippen molar-refractivity contribution in [3.8, 4) is 0 Å². The Morgan fingerprint density at radius 1 is 1.32 bits per heavy atom. The van der Waals surface area contributed by atoms with Gasteiger partial charge in [-0.1, -0.05) is 30.3 Å². The van der Waals surface area contributed by atoms with Gasteiger partial charge in [-0.2, -0.15) is 0 Å². The van der Waals surface area contributed by atoms with Gasteiger partial charge in [0.05, 0.1) is 12.7 Å². The van der Waals surface area contributed by atoms with Gasteiger partial charge in [0.25, 0.3) is 0 Å². The van der Waals surface area contributed by atoms with Crippen molar-refractivity contribution in [1.82, 2.24) is 4.90 Å². The lowest BCUT2D eigenvalue weighted by atomic mass is 9.98. The number of fused-ring (bicyclic) bond motifs is 2. The van der Waals surface area contributed by atoms with Crippen LogP contribution in [0.15, 0.2) is 30.3 Å². The number of esters is 1. The fourth-order valence-corrected chi connectivity index (χ4v) is 3.74. The van der Waals surface area contributed by atoms with Gasteiger partial charge >= 0.3 is 5.97 Å². The second-order valence-electron chi connectivity index (χ2n) is 6.37. The van der Waals surface area contributed by atoms with E-state index in [0.29, 0.717) is 6.42 Å². The lowest BCUT2D eigenvalue weighted by Gasteiger charge is -2.36. The zero-order valence-corrected chi connectivity index (χ0v) is 12.8. The second kappa shape index (κ2) is 6.36. The minimum Gasteiger partial charge on any atom is -0.462 e. The highest BCUT2D eigenvalue weighted by Gasteiger charge is 2.45. The molecule has 2 bridgehead atoms. The van der Waals surface area contributed by atoms with E-state index in [1.165, 1.54) is 0 Å². The van der Waals surface area contributed by atoms with Crippen LogP contribution in [0.2, 0.25) is 0 Å². The fraction of sp³-hybridized carbons (Fsp3) is 0.588. The Morgan fingerprint density at radius 3 is 2.68 bits per heavy atom. The number of rotatable bonds is 4. The standard InChI is InChI=1S/C17H23NO4/c1-18-12-7-13(9-15(18)16(20)8-12)22-17(21)14(10-19)11-5-3-2-4-6-11/h2-6,12-16,19-20H,7-10H2,1H3/t12-,13+,14+,15+,16+/m1/s1. The van der Waals surface area contributed by atoms with Gasteiger partial charge in [0.15, 0.2) is 0 Å². The molecule has 0 aromatic heterocycles. The molecule has 0 saturated carbocycles. The van der Waals surface area contributed by atoms with Crippen molar-refractivity contribution in [3.05, 3.63) is 35.9 Å². The van der Waals surface area contributed by atoms with Crippen LogP contribution in [0.4, 0.5) is 0 Å². The third-order valence-electron chi connectivity index (χ3n) is 5.05. The SMILES string of the molecule is CN1[C@@H]2C[C@H](OC(=O)[C@@H](CO)c3ccccc3)C[C@H]1[C@@H](O)C2. The highest BCUT2D eigenvalue weighted by molar-refractivity contribution is 5.78. The number of carbonyl (C=O) groups excluding carboxylic acids is 1. The molecule has 5 nitrogen and oxygen atoms in total. The van der Waals surface area contributed by atoms with Gasteiger partial charge in [-0.3, -0.25) is 9.69 Å². The first kappa shape index (κ1) is 15.5. The van der Waals surface area contributed by atoms with Gasteiger partial charge in [-0.25, -0.2) is 0 Å². The molecule has 2 heterocycles. The Kier molecular flexibility index (Phi) is 4.47. The molecule has 5 atom stereocenters. The van der Waals surface area contributed by atoms with Gasteiger partial charge < -0.3 is 14.9 Å². The van der Waals surface area contributed by atoms with Gasteiger partial charge in [-0.15, -0.1) is 0 Å². The van der Waals surface area contributed by atoms with Gasteiger partial charge in [0.2, 0.25) is 0 Å². The van der Waals surface area contributed by atoms with Crippen molar-refractivity contribution in [2.75, 3.05) is 13.7 Å². The summed E-state index contributed by atoms with van der Waals surface area (Å²) >= 11 is 0. The Bertz CT molecular complexity index is 521. The van der Waals surface area contributed by atoms with Crippen LogP contribution in [0.3, 0.4) is 0 Å². The van der Waals surface area contributed by atoms with Crippen molar-refractivity contribution < 1.29 is 19.7 Å². The van der Waals surface area contributed by atoms with E-state index < -0.39 is 5.92 Å². The first-order valence-electron chi connectivity index (χ1n) is 7.86. The third kappa shape index (κ3) is 2.89. The maximum absolute atomic E-state index is 12.4. The summed E-state index contributed by atoms with van der Waals surface area (Å²) in [5, 5.41) is 19.6. The highest BCUT2D eigenvalue weighted by atomic mass is 16.5. The zero-order valence-electron chi connectivity index (χ0n) is 12.8. The van der Waals surface area contributed by atoms with Crippen molar-refractivity contribution in [2.24, 2.45) is 0 Å². The van der Waals surface area contributed by atoms with E-state index in [4.69, 9.17) is 4.74 Å². The van der Waals surface area contributed by atoms with Gasteiger partial charge in [-0.05, 0) is 19.0 Å². The van der Waals surface area contributed by atoms with Gasteiger partial charge in [0, 0.05) is 24.9 Å². The molecule has 0 amide bonds. The van der Waals surface area contributed by atoms with Crippen LogP contribution in [0.5, 0.6) is 0 Å². The van der Waals surface area contributed by atoms with Crippen LogP contribution >= 0.6 is 0 Å². The molecule has 22 heavy (non-hydrogen) atoms. The third-order valence-corrected chi connectivity index (χ3v) is 5.05. The van der Waals surface area contributed by atoms with E-state index in [2.05, 4.69) is 4.90 Å². The fourth-order valence-electron chi connectivity index (χ4n) is 3.74. The smallest absolute Gasteiger partial charge is 0.316 e. The van der Waals surface area contributed by atoms with Crippen molar-refractivity contribution >= 4 is 5.97 Å². The monoisotopic (exact) mass is 305 g/mol. The number of carbonyl (C=O) groups is 1. The number of hydrogen-bond acceptors (Lipinski definition) is 5. The molecule has 1 aromatic rings. The van der Waals surface area contributed by atoms with Crippen molar-refractivity contribution in [3.63, 3.8) is 0 Å². The lowest BCUT2D eigenvalue weighted by molar-refractivity contribution is -0.155. The zero-order chi connectivity index (χ0) is 15.7. The van der Waals surface area contributed by atoms with Crippen molar-refractivity contribution in [2.45, 2.75) is 49.5 Å². The average molecular weight is 305 g/mol. The number of aliphatic hydroxyl groups is 2. The van der Waals surface area contributed by atoms with E-state index in [1.807, 2.05) is 37.4 Å². The van der Waals surface area contributed by atoms with Crippen LogP contribution in [0.25, 0.3) is 0 Å². The summed E-state index contributed by atoms with van der Waals surface area (Å²) in [6.07, 6.45) is 1.66. The van der Waals surface area contributed by atoms with Crippen molar-refractivity contribution in [1.29, 1.82) is 0 Å². The molecule has 2 aliphatic heterocycles. The molecule has 0 radical (unpaired) electrons. The molecule has 2 fully saturated rings. The molecule has 1 aromatic carbocycles. The molecule has 0 spiro atoms. The van der Waals surface area contributed by atoms with Crippen LogP contribution in [0.1, 0.15) is 30.7 Å². The molecule has 5 heteroatoms. The number of ether oxygens (including phenoxy) is 1. The summed E-state index contributed by atoms with van der Waals surface area (Å²) in [5.74, 6) is -1.01. The Morgan fingerprint density at radius 2 is 2.05 bits per heavy atom. The van der Waals surface area contributed by atoms with E-state index >= 15 is 0 Å². The normalized spacial score (nSPS) is 32.7. The first-order chi connectivity index (χ1) is 10.6.